The number of thiophene rings is 1. The molecule has 1 aliphatic carbocycles. The van der Waals surface area contributed by atoms with Crippen molar-refractivity contribution in [3.05, 3.63) is 39.0 Å². The lowest BCUT2D eigenvalue weighted by Crippen LogP contribution is -2.21. The molecule has 33 heavy (non-hydrogen) atoms. The maximum Gasteiger partial charge on any atom is 0.417 e. The maximum absolute atomic E-state index is 13.5. The first-order valence-electron chi connectivity index (χ1n) is 10.4. The van der Waals surface area contributed by atoms with E-state index in [-0.39, 0.29) is 29.0 Å². The normalized spacial score (nSPS) is 16.0. The number of nitrogens with zero attached hydrogens (tertiary/aromatic N) is 3. The van der Waals surface area contributed by atoms with Gasteiger partial charge in [0.25, 0.3) is 0 Å². The number of rotatable bonds is 4. The predicted octanol–water partition coefficient (Wildman–Crippen LogP) is 4.68. The molecule has 3 aromatic heterocycles. The molecule has 1 aliphatic rings. The molecule has 7 nitrogen and oxygen atoms in total. The van der Waals surface area contributed by atoms with Gasteiger partial charge in [-0.3, -0.25) is 4.79 Å². The van der Waals surface area contributed by atoms with Crippen molar-refractivity contribution < 1.29 is 27.5 Å². The summed E-state index contributed by atoms with van der Waals surface area (Å²) in [4.78, 5) is 30.5. The number of carbonyl (C=O) groups excluding carboxylic acids is 2. The van der Waals surface area contributed by atoms with Gasteiger partial charge in [0.1, 0.15) is 11.5 Å². The number of nitrogens with one attached hydrogen (secondary N) is 1. The number of hydrogen-bond acceptors (Lipinski definition) is 6. The van der Waals surface area contributed by atoms with Crippen molar-refractivity contribution >= 4 is 39.2 Å². The Labute approximate surface area is 191 Å². The van der Waals surface area contributed by atoms with E-state index in [1.807, 2.05) is 0 Å². The summed E-state index contributed by atoms with van der Waals surface area (Å²) in [5, 5.41) is 7.15. The van der Waals surface area contributed by atoms with Gasteiger partial charge in [-0.2, -0.15) is 18.3 Å². The SMILES string of the molecule is COC(=O)c1c(NC(=O)Cn2nc(C)c3c(C(F)(F)F)cc(C)nc32)sc2c1CC[C@H](C)C2. The topological polar surface area (TPSA) is 86.1 Å². The average molecular weight is 481 g/mol. The zero-order valence-corrected chi connectivity index (χ0v) is 19.4. The van der Waals surface area contributed by atoms with Crippen LogP contribution in [-0.2, 0) is 35.1 Å². The van der Waals surface area contributed by atoms with Gasteiger partial charge in [-0.1, -0.05) is 6.92 Å². The highest BCUT2D eigenvalue weighted by Crippen LogP contribution is 2.40. The van der Waals surface area contributed by atoms with E-state index < -0.39 is 23.6 Å². The second-order valence-corrected chi connectivity index (χ2v) is 9.45. The van der Waals surface area contributed by atoms with Crippen molar-refractivity contribution in [2.45, 2.75) is 52.8 Å². The molecule has 11 heteroatoms. The number of pyridine rings is 1. The Hall–Kier alpha value is -2.95. The van der Waals surface area contributed by atoms with E-state index >= 15 is 0 Å². The van der Waals surface area contributed by atoms with Gasteiger partial charge in [0.15, 0.2) is 5.65 Å². The molecular weight excluding hydrogens is 457 g/mol. The Morgan fingerprint density at radius 1 is 1.33 bits per heavy atom. The molecule has 0 radical (unpaired) electrons. The molecule has 0 unspecified atom stereocenters. The van der Waals surface area contributed by atoms with Crippen molar-refractivity contribution in [2.24, 2.45) is 5.92 Å². The highest BCUT2D eigenvalue weighted by atomic mass is 32.1. The van der Waals surface area contributed by atoms with Crippen LogP contribution in [0.25, 0.3) is 11.0 Å². The average Bonchev–Trinajstić information content (AvgIpc) is 3.22. The number of alkyl halides is 3. The molecule has 0 aliphatic heterocycles. The number of amides is 1. The van der Waals surface area contributed by atoms with Gasteiger partial charge >= 0.3 is 12.1 Å². The Balaban J connectivity index is 1.67. The molecule has 1 amide bonds. The molecule has 4 rings (SSSR count). The first kappa shape index (κ1) is 23.2. The number of esters is 1. The maximum atomic E-state index is 13.5. The molecule has 0 spiro atoms. The fourth-order valence-corrected chi connectivity index (χ4v) is 5.69. The van der Waals surface area contributed by atoms with Crippen LogP contribution in [0.15, 0.2) is 6.07 Å². The van der Waals surface area contributed by atoms with Crippen molar-refractivity contribution in [1.82, 2.24) is 14.8 Å². The van der Waals surface area contributed by atoms with Gasteiger partial charge in [-0.25, -0.2) is 14.5 Å². The lowest BCUT2D eigenvalue weighted by molar-refractivity contribution is -0.136. The van der Waals surface area contributed by atoms with E-state index in [0.717, 1.165) is 40.5 Å². The minimum absolute atomic E-state index is 0.0116. The Kier molecular flexibility index (Phi) is 5.94. The van der Waals surface area contributed by atoms with E-state index in [2.05, 4.69) is 22.3 Å². The van der Waals surface area contributed by atoms with Crippen LogP contribution in [0.3, 0.4) is 0 Å². The Morgan fingerprint density at radius 2 is 2.06 bits per heavy atom. The van der Waals surface area contributed by atoms with Crippen LogP contribution >= 0.6 is 11.3 Å². The van der Waals surface area contributed by atoms with E-state index in [9.17, 15) is 22.8 Å². The third-order valence-corrected chi connectivity index (χ3v) is 6.93. The fourth-order valence-electron chi connectivity index (χ4n) is 4.27. The molecule has 3 aromatic rings. The predicted molar refractivity (Wildman–Crippen MR) is 117 cm³/mol. The second kappa shape index (κ2) is 8.44. The Bertz CT molecular complexity index is 1260. The minimum Gasteiger partial charge on any atom is -0.465 e. The fraction of sp³-hybridized carbons (Fsp3) is 0.455. The molecule has 0 saturated carbocycles. The standard InChI is InChI=1S/C22H23F3N4O3S/c1-10-5-6-13-15(7-10)33-20(18(13)21(31)32-4)27-16(30)9-29-19-17(12(3)28-29)14(22(23,24)25)8-11(2)26-19/h8,10H,5-7,9H2,1-4H3,(H,27,30)/t10-/m0/s1. The van der Waals surface area contributed by atoms with Crippen LogP contribution < -0.4 is 5.32 Å². The zero-order chi connectivity index (χ0) is 24.1. The molecule has 0 fully saturated rings. The van der Waals surface area contributed by atoms with Crippen molar-refractivity contribution in [1.29, 1.82) is 0 Å². The van der Waals surface area contributed by atoms with Crippen LogP contribution in [0.2, 0.25) is 0 Å². The third-order valence-electron chi connectivity index (χ3n) is 5.76. The number of anilines is 1. The van der Waals surface area contributed by atoms with Crippen molar-refractivity contribution in [3.8, 4) is 0 Å². The summed E-state index contributed by atoms with van der Waals surface area (Å²) in [5.41, 5.74) is 0.711. The zero-order valence-electron chi connectivity index (χ0n) is 18.6. The number of hydrogen-bond donors (Lipinski definition) is 1. The van der Waals surface area contributed by atoms with Crippen molar-refractivity contribution in [2.75, 3.05) is 12.4 Å². The highest BCUT2D eigenvalue weighted by Gasteiger charge is 2.35. The lowest BCUT2D eigenvalue weighted by Gasteiger charge is -2.18. The van der Waals surface area contributed by atoms with E-state index in [4.69, 9.17) is 4.74 Å². The van der Waals surface area contributed by atoms with Gasteiger partial charge < -0.3 is 10.1 Å². The third kappa shape index (κ3) is 4.33. The van der Waals surface area contributed by atoms with E-state index in [1.165, 1.54) is 32.3 Å². The summed E-state index contributed by atoms with van der Waals surface area (Å²) >= 11 is 1.34. The highest BCUT2D eigenvalue weighted by molar-refractivity contribution is 7.17. The summed E-state index contributed by atoms with van der Waals surface area (Å²) < 4.78 is 46.7. The number of fused-ring (bicyclic) bond motifs is 2. The number of halogens is 3. The number of aromatic nitrogens is 3. The molecule has 3 heterocycles. The quantitative estimate of drug-likeness (QED) is 0.548. The number of ether oxygens (including phenoxy) is 1. The summed E-state index contributed by atoms with van der Waals surface area (Å²) in [6.07, 6.45) is -2.10. The van der Waals surface area contributed by atoms with E-state index in [0.29, 0.717) is 16.5 Å². The van der Waals surface area contributed by atoms with Gasteiger partial charge in [-0.05, 0) is 50.7 Å². The molecule has 0 bridgehead atoms. The van der Waals surface area contributed by atoms with Crippen LogP contribution in [-0.4, -0.2) is 33.8 Å². The van der Waals surface area contributed by atoms with Crippen molar-refractivity contribution in [3.63, 3.8) is 0 Å². The first-order chi connectivity index (χ1) is 15.5. The second-order valence-electron chi connectivity index (χ2n) is 8.35. The summed E-state index contributed by atoms with van der Waals surface area (Å²) in [7, 11) is 1.29. The minimum atomic E-state index is -4.57. The van der Waals surface area contributed by atoms with Gasteiger partial charge in [0.05, 0.1) is 29.3 Å². The monoisotopic (exact) mass is 480 g/mol. The van der Waals surface area contributed by atoms with Crippen LogP contribution in [0.5, 0.6) is 0 Å². The van der Waals surface area contributed by atoms with Gasteiger partial charge in [0.2, 0.25) is 5.91 Å². The molecule has 0 aromatic carbocycles. The molecule has 176 valence electrons. The van der Waals surface area contributed by atoms with Crippen LogP contribution in [0.1, 0.15) is 51.1 Å². The largest absolute Gasteiger partial charge is 0.465 e. The molecule has 1 atom stereocenters. The van der Waals surface area contributed by atoms with Crippen LogP contribution in [0.4, 0.5) is 18.2 Å². The summed E-state index contributed by atoms with van der Waals surface area (Å²) in [6.45, 7) is 4.69. The molecule has 1 N–H and O–H groups in total. The Morgan fingerprint density at radius 3 is 2.73 bits per heavy atom. The first-order valence-corrected chi connectivity index (χ1v) is 11.3. The lowest BCUT2D eigenvalue weighted by atomic mass is 9.88. The smallest absolute Gasteiger partial charge is 0.417 e. The molecular formula is C22H23F3N4O3S. The number of carbonyl (C=O) groups is 2. The van der Waals surface area contributed by atoms with E-state index in [1.54, 1.807) is 0 Å². The summed E-state index contributed by atoms with van der Waals surface area (Å²) in [6, 6.07) is 0.973. The van der Waals surface area contributed by atoms with Crippen LogP contribution in [0, 0.1) is 19.8 Å². The molecule has 0 saturated heterocycles. The van der Waals surface area contributed by atoms with Gasteiger partial charge in [-0.15, -0.1) is 11.3 Å². The number of aryl methyl sites for hydroxylation is 2. The number of methoxy groups -OCH3 is 1. The summed E-state index contributed by atoms with van der Waals surface area (Å²) in [5.74, 6) is -0.571. The van der Waals surface area contributed by atoms with Gasteiger partial charge in [0, 0.05) is 10.6 Å².